The van der Waals surface area contributed by atoms with Gasteiger partial charge in [0.1, 0.15) is 17.1 Å². The van der Waals surface area contributed by atoms with E-state index < -0.39 is 18.3 Å². The fourth-order valence-electron chi connectivity index (χ4n) is 2.59. The number of carbonyl (C=O) groups excluding carboxylic acids is 1. The summed E-state index contributed by atoms with van der Waals surface area (Å²) in [5.41, 5.74) is 1.35. The molecule has 0 radical (unpaired) electrons. The van der Waals surface area contributed by atoms with Crippen LogP contribution in [0.5, 0.6) is 5.75 Å². The molecule has 0 aliphatic carbocycles. The van der Waals surface area contributed by atoms with E-state index in [0.717, 1.165) is 12.1 Å². The molecule has 0 aliphatic heterocycles. The lowest BCUT2D eigenvalue weighted by molar-refractivity contribution is -0.274. The Hall–Kier alpha value is -3.47. The fourth-order valence-corrected chi connectivity index (χ4v) is 2.59. The number of benzene rings is 1. The van der Waals surface area contributed by atoms with Gasteiger partial charge in [-0.2, -0.15) is 5.10 Å². The van der Waals surface area contributed by atoms with E-state index in [4.69, 9.17) is 5.11 Å². The molecule has 1 amide bonds. The maximum atomic E-state index is 12.5. The second kappa shape index (κ2) is 8.49. The van der Waals surface area contributed by atoms with Crippen LogP contribution in [0.15, 0.2) is 42.6 Å². The predicted molar refractivity (Wildman–Crippen MR) is 100 cm³/mol. The summed E-state index contributed by atoms with van der Waals surface area (Å²) in [6, 6.07) is 7.69. The summed E-state index contributed by atoms with van der Waals surface area (Å²) in [5.74, 6) is -0.688. The smallest absolute Gasteiger partial charge is 0.406 e. The molecule has 0 saturated carbocycles. The van der Waals surface area contributed by atoms with Crippen LogP contribution in [0, 0.1) is 0 Å². The molecule has 0 aliphatic rings. The van der Waals surface area contributed by atoms with Gasteiger partial charge < -0.3 is 15.2 Å². The van der Waals surface area contributed by atoms with Gasteiger partial charge >= 0.3 is 6.36 Å². The van der Waals surface area contributed by atoms with Gasteiger partial charge in [0.2, 0.25) is 0 Å². The maximum Gasteiger partial charge on any atom is 0.573 e. The number of aliphatic hydroxyl groups is 1. The SMILES string of the molecule is CC(CO)NC(=O)c1cc(-c2ccc(OC(F)(F)F)cc2)nc(-c2ccnn2C)n1. The first-order valence-electron chi connectivity index (χ1n) is 8.81. The van der Waals surface area contributed by atoms with Crippen molar-refractivity contribution in [2.75, 3.05) is 6.61 Å². The summed E-state index contributed by atoms with van der Waals surface area (Å²) in [7, 11) is 1.68. The van der Waals surface area contributed by atoms with Crippen LogP contribution < -0.4 is 10.1 Å². The third-order valence-electron chi connectivity index (χ3n) is 4.04. The molecule has 2 N–H and O–H groups in total. The Morgan fingerprint density at radius 2 is 1.93 bits per heavy atom. The normalized spacial score (nSPS) is 12.5. The summed E-state index contributed by atoms with van der Waals surface area (Å²) in [4.78, 5) is 21.2. The lowest BCUT2D eigenvalue weighted by Crippen LogP contribution is -2.35. The number of nitrogens with one attached hydrogen (secondary N) is 1. The number of alkyl halides is 3. The molecule has 3 rings (SSSR count). The van der Waals surface area contributed by atoms with E-state index >= 15 is 0 Å². The molecule has 8 nitrogen and oxygen atoms in total. The van der Waals surface area contributed by atoms with E-state index in [0.29, 0.717) is 17.0 Å². The minimum atomic E-state index is -4.79. The molecule has 3 aromatic rings. The molecule has 11 heteroatoms. The van der Waals surface area contributed by atoms with Gasteiger partial charge in [0.15, 0.2) is 5.82 Å². The van der Waals surface area contributed by atoms with Crippen molar-refractivity contribution in [3.05, 3.63) is 48.3 Å². The van der Waals surface area contributed by atoms with Gasteiger partial charge in [-0.1, -0.05) is 0 Å². The first kappa shape index (κ1) is 21.2. The number of hydrogen-bond acceptors (Lipinski definition) is 6. The Labute approximate surface area is 169 Å². The number of aryl methyl sites for hydroxylation is 1. The molecule has 1 atom stereocenters. The van der Waals surface area contributed by atoms with Gasteiger partial charge in [0.05, 0.1) is 12.3 Å². The summed E-state index contributed by atoms with van der Waals surface area (Å²) in [6.07, 6.45) is -3.25. The van der Waals surface area contributed by atoms with Gasteiger partial charge in [-0.15, -0.1) is 13.2 Å². The van der Waals surface area contributed by atoms with E-state index in [1.807, 2.05) is 0 Å². The number of halogens is 3. The van der Waals surface area contributed by atoms with Crippen molar-refractivity contribution < 1.29 is 27.8 Å². The Balaban J connectivity index is 2.02. The van der Waals surface area contributed by atoms with Gasteiger partial charge in [-0.3, -0.25) is 9.48 Å². The molecular formula is C19H18F3N5O3. The molecule has 2 aromatic heterocycles. The van der Waals surface area contributed by atoms with Crippen LogP contribution in [0.3, 0.4) is 0 Å². The molecule has 0 saturated heterocycles. The lowest BCUT2D eigenvalue weighted by Gasteiger charge is -2.13. The van der Waals surface area contributed by atoms with Crippen molar-refractivity contribution in [1.82, 2.24) is 25.1 Å². The first-order valence-corrected chi connectivity index (χ1v) is 8.81. The zero-order valence-corrected chi connectivity index (χ0v) is 16.0. The Kier molecular flexibility index (Phi) is 6.01. The second-order valence-electron chi connectivity index (χ2n) is 6.43. The van der Waals surface area contributed by atoms with Gasteiger partial charge in [-0.05, 0) is 43.3 Å². The maximum absolute atomic E-state index is 12.5. The van der Waals surface area contributed by atoms with Crippen LogP contribution in [0.25, 0.3) is 22.8 Å². The standard InChI is InChI=1S/C19H18F3N5O3/c1-11(10-28)24-18(29)15-9-14(25-17(26-15)16-7-8-23-27(16)2)12-3-5-13(6-4-12)30-19(20,21)22/h3-9,11,28H,10H2,1-2H3,(H,24,29). The third kappa shape index (κ3) is 5.11. The minimum absolute atomic E-state index is 0.0344. The van der Waals surface area contributed by atoms with Crippen LogP contribution in [-0.2, 0) is 7.05 Å². The quantitative estimate of drug-likeness (QED) is 0.634. The average molecular weight is 421 g/mol. The first-order chi connectivity index (χ1) is 14.2. The number of hydrogen-bond donors (Lipinski definition) is 2. The summed E-state index contributed by atoms with van der Waals surface area (Å²) in [6.45, 7) is 1.38. The molecule has 30 heavy (non-hydrogen) atoms. The molecule has 1 unspecified atom stereocenters. The molecule has 158 valence electrons. The summed E-state index contributed by atoms with van der Waals surface area (Å²) < 4.78 is 42.5. The second-order valence-corrected chi connectivity index (χ2v) is 6.43. The number of aliphatic hydroxyl groups excluding tert-OH is 1. The topological polar surface area (TPSA) is 102 Å². The Bertz CT molecular complexity index is 1030. The van der Waals surface area contributed by atoms with Gasteiger partial charge in [0, 0.05) is 24.8 Å². The number of rotatable bonds is 6. The van der Waals surface area contributed by atoms with E-state index in [1.54, 1.807) is 26.2 Å². The lowest BCUT2D eigenvalue weighted by atomic mass is 10.1. The highest BCUT2D eigenvalue weighted by atomic mass is 19.4. The van der Waals surface area contributed by atoms with Crippen LogP contribution >= 0.6 is 0 Å². The van der Waals surface area contributed by atoms with Crippen LogP contribution in [0.4, 0.5) is 13.2 Å². The van der Waals surface area contributed by atoms with Crippen molar-refractivity contribution in [3.63, 3.8) is 0 Å². The highest BCUT2D eigenvalue weighted by Gasteiger charge is 2.31. The van der Waals surface area contributed by atoms with Crippen molar-refractivity contribution in [2.45, 2.75) is 19.3 Å². The van der Waals surface area contributed by atoms with Gasteiger partial charge in [-0.25, -0.2) is 9.97 Å². The predicted octanol–water partition coefficient (Wildman–Crippen LogP) is 2.55. The van der Waals surface area contributed by atoms with Crippen LogP contribution in [0.2, 0.25) is 0 Å². The number of carbonyl (C=O) groups is 1. The van der Waals surface area contributed by atoms with Crippen molar-refractivity contribution in [1.29, 1.82) is 0 Å². The highest BCUT2D eigenvalue weighted by Crippen LogP contribution is 2.27. The monoisotopic (exact) mass is 421 g/mol. The zero-order chi connectivity index (χ0) is 21.9. The third-order valence-corrected chi connectivity index (χ3v) is 4.04. The van der Waals surface area contributed by atoms with Crippen LogP contribution in [0.1, 0.15) is 17.4 Å². The summed E-state index contributed by atoms with van der Waals surface area (Å²) in [5, 5.41) is 15.8. The number of aromatic nitrogens is 4. The molecule has 0 bridgehead atoms. The Morgan fingerprint density at radius 1 is 1.23 bits per heavy atom. The molecule has 0 fully saturated rings. The van der Waals surface area contributed by atoms with E-state index in [-0.39, 0.29) is 23.9 Å². The average Bonchev–Trinajstić information content (AvgIpc) is 3.12. The molecule has 1 aromatic carbocycles. The minimum Gasteiger partial charge on any atom is -0.406 e. The fraction of sp³-hybridized carbons (Fsp3) is 0.263. The molecular weight excluding hydrogens is 403 g/mol. The van der Waals surface area contributed by atoms with Crippen molar-refractivity contribution >= 4 is 5.91 Å². The molecule has 0 spiro atoms. The Morgan fingerprint density at radius 3 is 2.50 bits per heavy atom. The van der Waals surface area contributed by atoms with Crippen molar-refractivity contribution in [3.8, 4) is 28.5 Å². The molecule has 2 heterocycles. The summed E-state index contributed by atoms with van der Waals surface area (Å²) >= 11 is 0. The largest absolute Gasteiger partial charge is 0.573 e. The number of ether oxygens (including phenoxy) is 1. The van der Waals surface area contributed by atoms with Gasteiger partial charge in [0.25, 0.3) is 5.91 Å². The number of amides is 1. The highest BCUT2D eigenvalue weighted by molar-refractivity contribution is 5.94. The number of nitrogens with zero attached hydrogens (tertiary/aromatic N) is 4. The van der Waals surface area contributed by atoms with Crippen molar-refractivity contribution in [2.24, 2.45) is 7.05 Å². The van der Waals surface area contributed by atoms with E-state index in [2.05, 4.69) is 25.1 Å². The zero-order valence-electron chi connectivity index (χ0n) is 16.0. The van der Waals surface area contributed by atoms with E-state index in [9.17, 15) is 18.0 Å². The van der Waals surface area contributed by atoms with E-state index in [1.165, 1.54) is 22.9 Å². The van der Waals surface area contributed by atoms with Crippen LogP contribution in [-0.4, -0.2) is 49.8 Å².